The van der Waals surface area contributed by atoms with Crippen LogP contribution in [0.3, 0.4) is 0 Å². The molecule has 2 aromatic rings. The van der Waals surface area contributed by atoms with Gasteiger partial charge in [-0.05, 0) is 37.5 Å². The minimum atomic E-state index is -0.892. The summed E-state index contributed by atoms with van der Waals surface area (Å²) in [5, 5.41) is 3.91. The van der Waals surface area contributed by atoms with Gasteiger partial charge in [0, 0.05) is 10.9 Å². The summed E-state index contributed by atoms with van der Waals surface area (Å²) < 4.78 is 4.94. The third-order valence-electron chi connectivity index (χ3n) is 4.66. The number of H-pyrrole nitrogens is 1. The van der Waals surface area contributed by atoms with E-state index in [-0.39, 0.29) is 11.9 Å². The molecule has 0 unspecified atom stereocenters. The van der Waals surface area contributed by atoms with Crippen LogP contribution >= 0.6 is 0 Å². The molecule has 2 N–H and O–H groups in total. The van der Waals surface area contributed by atoms with E-state index in [0.717, 1.165) is 35.7 Å². The molecule has 23 heavy (non-hydrogen) atoms. The molecule has 5 heteroatoms. The fraction of sp³-hybridized carbons (Fsp3) is 0.444. The lowest BCUT2D eigenvalue weighted by atomic mass is 9.81. The van der Waals surface area contributed by atoms with Crippen LogP contribution in [-0.4, -0.2) is 29.5 Å². The van der Waals surface area contributed by atoms with Crippen molar-refractivity contribution < 1.29 is 14.3 Å². The quantitative estimate of drug-likeness (QED) is 0.855. The summed E-state index contributed by atoms with van der Waals surface area (Å²) in [4.78, 5) is 28.0. The molecule has 1 heterocycles. The van der Waals surface area contributed by atoms with Gasteiger partial charge < -0.3 is 15.0 Å². The summed E-state index contributed by atoms with van der Waals surface area (Å²) in [6.07, 6.45) is 4.18. The Labute approximate surface area is 135 Å². The number of aromatic amines is 1. The second-order valence-electron chi connectivity index (χ2n) is 6.36. The zero-order chi connectivity index (χ0) is 16.4. The lowest BCUT2D eigenvalue weighted by molar-refractivity contribution is -0.149. The maximum Gasteiger partial charge on any atom is 0.331 e. The van der Waals surface area contributed by atoms with E-state index < -0.39 is 5.54 Å². The molecule has 0 aliphatic heterocycles. The summed E-state index contributed by atoms with van der Waals surface area (Å²) >= 11 is 0. The number of esters is 1. The Morgan fingerprint density at radius 1 is 1.17 bits per heavy atom. The molecule has 0 saturated heterocycles. The van der Waals surface area contributed by atoms with Crippen LogP contribution in [0.5, 0.6) is 0 Å². The number of methoxy groups -OCH3 is 1. The Bertz CT molecular complexity index is 742. The van der Waals surface area contributed by atoms with Crippen LogP contribution in [-0.2, 0) is 9.53 Å². The van der Waals surface area contributed by atoms with Crippen LogP contribution in [0.4, 0.5) is 0 Å². The van der Waals surface area contributed by atoms with Crippen LogP contribution in [0, 0.1) is 6.92 Å². The number of aromatic nitrogens is 1. The molecule has 3 rings (SSSR count). The van der Waals surface area contributed by atoms with Gasteiger partial charge >= 0.3 is 5.97 Å². The number of fused-ring (bicyclic) bond motifs is 1. The number of benzene rings is 1. The molecule has 1 fully saturated rings. The standard InChI is InChI=1S/C18H22N2O3/c1-12-6-7-13-11-15(19-14(13)10-12)16(21)20-18(17(22)23-2)8-4-3-5-9-18/h6-7,10-11,19H,3-5,8-9H2,1-2H3,(H,20,21). The van der Waals surface area contributed by atoms with Gasteiger partial charge in [0.2, 0.25) is 0 Å². The number of hydrogen-bond donors (Lipinski definition) is 2. The summed E-state index contributed by atoms with van der Waals surface area (Å²) in [6.45, 7) is 2.01. The van der Waals surface area contributed by atoms with Gasteiger partial charge in [-0.2, -0.15) is 0 Å². The van der Waals surface area contributed by atoms with Crippen LogP contribution in [0.1, 0.15) is 48.2 Å². The van der Waals surface area contributed by atoms with E-state index in [1.165, 1.54) is 7.11 Å². The van der Waals surface area contributed by atoms with Crippen LogP contribution in [0.25, 0.3) is 10.9 Å². The molecular formula is C18H22N2O3. The van der Waals surface area contributed by atoms with Gasteiger partial charge in [0.15, 0.2) is 0 Å². The molecule has 1 aromatic heterocycles. The first-order valence-electron chi connectivity index (χ1n) is 8.04. The van der Waals surface area contributed by atoms with E-state index in [1.807, 2.05) is 31.2 Å². The lowest BCUT2D eigenvalue weighted by Crippen LogP contribution is -2.56. The number of carbonyl (C=O) groups is 2. The molecule has 1 saturated carbocycles. The highest BCUT2D eigenvalue weighted by molar-refractivity contribution is 6.00. The minimum Gasteiger partial charge on any atom is -0.467 e. The zero-order valence-electron chi connectivity index (χ0n) is 13.6. The third kappa shape index (κ3) is 2.96. The van der Waals surface area contributed by atoms with Gasteiger partial charge in [-0.1, -0.05) is 31.4 Å². The Kier molecular flexibility index (Phi) is 4.11. The van der Waals surface area contributed by atoms with Crippen molar-refractivity contribution in [3.8, 4) is 0 Å². The number of carbonyl (C=O) groups excluding carboxylic acids is 2. The topological polar surface area (TPSA) is 71.2 Å². The second-order valence-corrected chi connectivity index (χ2v) is 6.36. The highest BCUT2D eigenvalue weighted by Crippen LogP contribution is 2.30. The molecule has 0 atom stereocenters. The summed E-state index contributed by atoms with van der Waals surface area (Å²) in [7, 11) is 1.37. The van der Waals surface area contributed by atoms with E-state index >= 15 is 0 Å². The van der Waals surface area contributed by atoms with Crippen molar-refractivity contribution in [1.29, 1.82) is 0 Å². The van der Waals surface area contributed by atoms with E-state index in [2.05, 4.69) is 10.3 Å². The smallest absolute Gasteiger partial charge is 0.331 e. The molecule has 1 aromatic carbocycles. The Morgan fingerprint density at radius 2 is 1.91 bits per heavy atom. The summed E-state index contributed by atoms with van der Waals surface area (Å²) in [5.41, 5.74) is 1.63. The van der Waals surface area contributed by atoms with E-state index in [9.17, 15) is 9.59 Å². The Hall–Kier alpha value is -2.30. The van der Waals surface area contributed by atoms with Crippen LogP contribution in [0.2, 0.25) is 0 Å². The molecule has 1 amide bonds. The largest absolute Gasteiger partial charge is 0.467 e. The van der Waals surface area contributed by atoms with Crippen molar-refractivity contribution in [3.05, 3.63) is 35.5 Å². The number of rotatable bonds is 3. The first kappa shape index (κ1) is 15.6. The van der Waals surface area contributed by atoms with Gasteiger partial charge in [-0.25, -0.2) is 4.79 Å². The number of hydrogen-bond acceptors (Lipinski definition) is 3. The van der Waals surface area contributed by atoms with E-state index in [4.69, 9.17) is 4.74 Å². The normalized spacial score (nSPS) is 17.0. The SMILES string of the molecule is COC(=O)C1(NC(=O)c2cc3ccc(C)cc3[nH]2)CCCCC1. The van der Waals surface area contributed by atoms with Gasteiger partial charge in [-0.15, -0.1) is 0 Å². The number of ether oxygens (including phenoxy) is 1. The van der Waals surface area contributed by atoms with Crippen molar-refractivity contribution in [2.24, 2.45) is 0 Å². The van der Waals surface area contributed by atoms with Crippen molar-refractivity contribution in [2.45, 2.75) is 44.6 Å². The molecule has 0 spiro atoms. The van der Waals surface area contributed by atoms with E-state index in [0.29, 0.717) is 18.5 Å². The van der Waals surface area contributed by atoms with Crippen molar-refractivity contribution >= 4 is 22.8 Å². The number of nitrogens with one attached hydrogen (secondary N) is 2. The monoisotopic (exact) mass is 314 g/mol. The fourth-order valence-electron chi connectivity index (χ4n) is 3.38. The maximum atomic E-state index is 12.6. The van der Waals surface area contributed by atoms with Gasteiger partial charge in [0.25, 0.3) is 5.91 Å². The maximum absolute atomic E-state index is 12.6. The van der Waals surface area contributed by atoms with Crippen molar-refractivity contribution in [1.82, 2.24) is 10.3 Å². The minimum absolute atomic E-state index is 0.258. The lowest BCUT2D eigenvalue weighted by Gasteiger charge is -2.35. The summed E-state index contributed by atoms with van der Waals surface area (Å²) in [6, 6.07) is 7.81. The predicted molar refractivity (Wildman–Crippen MR) is 88.3 cm³/mol. The van der Waals surface area contributed by atoms with Crippen LogP contribution < -0.4 is 5.32 Å². The van der Waals surface area contributed by atoms with Gasteiger partial charge in [0.05, 0.1) is 7.11 Å². The first-order valence-corrected chi connectivity index (χ1v) is 8.04. The first-order chi connectivity index (χ1) is 11.0. The van der Waals surface area contributed by atoms with Gasteiger partial charge in [0.1, 0.15) is 11.2 Å². The molecule has 1 aliphatic rings. The molecule has 122 valence electrons. The fourth-order valence-corrected chi connectivity index (χ4v) is 3.38. The predicted octanol–water partition coefficient (Wildman–Crippen LogP) is 3.08. The molecule has 5 nitrogen and oxygen atoms in total. The van der Waals surface area contributed by atoms with Crippen molar-refractivity contribution in [2.75, 3.05) is 7.11 Å². The zero-order valence-corrected chi connectivity index (χ0v) is 13.6. The van der Waals surface area contributed by atoms with Crippen molar-refractivity contribution in [3.63, 3.8) is 0 Å². The Balaban J connectivity index is 1.86. The molecular weight excluding hydrogens is 292 g/mol. The molecule has 0 bridgehead atoms. The highest BCUT2D eigenvalue weighted by atomic mass is 16.5. The average Bonchev–Trinajstić information content (AvgIpc) is 2.98. The number of amides is 1. The second kappa shape index (κ2) is 6.07. The average molecular weight is 314 g/mol. The summed E-state index contributed by atoms with van der Waals surface area (Å²) in [5.74, 6) is -0.608. The Morgan fingerprint density at radius 3 is 2.61 bits per heavy atom. The molecule has 1 aliphatic carbocycles. The highest BCUT2D eigenvalue weighted by Gasteiger charge is 2.42. The van der Waals surface area contributed by atoms with Crippen LogP contribution in [0.15, 0.2) is 24.3 Å². The molecule has 0 radical (unpaired) electrons. The van der Waals surface area contributed by atoms with E-state index in [1.54, 1.807) is 0 Å². The third-order valence-corrected chi connectivity index (χ3v) is 4.66. The number of aryl methyl sites for hydroxylation is 1. The van der Waals surface area contributed by atoms with Gasteiger partial charge in [-0.3, -0.25) is 4.79 Å².